The molecule has 2 aromatic heterocycles. The number of hydrazine groups is 1. The fraction of sp³-hybridized carbons (Fsp3) is 0.542. The van der Waals surface area contributed by atoms with Gasteiger partial charge in [-0.15, -0.1) is 0 Å². The third-order valence-corrected chi connectivity index (χ3v) is 6.50. The number of nitrogens with one attached hydrogen (secondary N) is 1. The van der Waals surface area contributed by atoms with E-state index in [0.717, 1.165) is 75.2 Å². The number of anilines is 1. The summed E-state index contributed by atoms with van der Waals surface area (Å²) in [6.45, 7) is 4.19. The molecule has 1 atom stereocenters. The number of likely N-dealkylation sites (tertiary alicyclic amines) is 1. The Kier molecular flexibility index (Phi) is 7.14. The maximum atomic E-state index is 11.9. The first kappa shape index (κ1) is 21.7. The van der Waals surface area contributed by atoms with Crippen molar-refractivity contribution in [2.45, 2.75) is 57.5 Å². The van der Waals surface area contributed by atoms with Crippen molar-refractivity contribution in [1.29, 1.82) is 0 Å². The van der Waals surface area contributed by atoms with E-state index in [1.54, 1.807) is 19.3 Å². The molecule has 2 aliphatic rings. The van der Waals surface area contributed by atoms with Crippen molar-refractivity contribution in [3.8, 4) is 11.3 Å². The average molecular weight is 423 g/mol. The van der Waals surface area contributed by atoms with Crippen molar-refractivity contribution in [3.63, 3.8) is 0 Å². The summed E-state index contributed by atoms with van der Waals surface area (Å²) in [5.41, 5.74) is 11.9. The van der Waals surface area contributed by atoms with E-state index in [0.29, 0.717) is 18.0 Å². The lowest BCUT2D eigenvalue weighted by atomic mass is 9.92. The number of aromatic nitrogens is 2. The Labute approximate surface area is 185 Å². The number of hydrogen-bond acceptors (Lipinski definition) is 6. The van der Waals surface area contributed by atoms with Gasteiger partial charge in [0.2, 0.25) is 5.91 Å². The van der Waals surface area contributed by atoms with Crippen LogP contribution in [-0.4, -0.2) is 52.5 Å². The molecule has 1 aliphatic heterocycles. The van der Waals surface area contributed by atoms with Gasteiger partial charge in [0, 0.05) is 56.6 Å². The van der Waals surface area contributed by atoms with Gasteiger partial charge in [-0.1, -0.05) is 6.07 Å². The molecular weight excluding hydrogens is 388 g/mol. The Morgan fingerprint density at radius 3 is 2.68 bits per heavy atom. The second kappa shape index (κ2) is 10.2. The van der Waals surface area contributed by atoms with Gasteiger partial charge in [-0.3, -0.25) is 14.8 Å². The second-order valence-electron chi connectivity index (χ2n) is 8.94. The molecule has 31 heavy (non-hydrogen) atoms. The van der Waals surface area contributed by atoms with Crippen LogP contribution in [0.4, 0.5) is 5.82 Å². The van der Waals surface area contributed by atoms with E-state index in [2.05, 4.69) is 27.6 Å². The van der Waals surface area contributed by atoms with Crippen LogP contribution < -0.4 is 16.2 Å². The summed E-state index contributed by atoms with van der Waals surface area (Å²) in [4.78, 5) is 23.0. The predicted molar refractivity (Wildman–Crippen MR) is 123 cm³/mol. The summed E-state index contributed by atoms with van der Waals surface area (Å²) in [6, 6.07) is 10.9. The van der Waals surface area contributed by atoms with E-state index in [1.807, 2.05) is 23.1 Å². The van der Waals surface area contributed by atoms with E-state index in [9.17, 15) is 4.79 Å². The van der Waals surface area contributed by atoms with Crippen LogP contribution in [0.3, 0.4) is 0 Å². The number of amides is 1. The van der Waals surface area contributed by atoms with Crippen LogP contribution in [0.1, 0.15) is 45.4 Å². The van der Waals surface area contributed by atoms with Crippen molar-refractivity contribution in [2.24, 2.45) is 11.7 Å². The average Bonchev–Trinajstić information content (AvgIpc) is 2.81. The molecule has 0 unspecified atom stereocenters. The van der Waals surface area contributed by atoms with Crippen molar-refractivity contribution in [2.75, 3.05) is 24.6 Å². The van der Waals surface area contributed by atoms with E-state index in [1.165, 1.54) is 0 Å². The van der Waals surface area contributed by atoms with Crippen molar-refractivity contribution < 1.29 is 4.79 Å². The molecule has 2 aromatic rings. The third kappa shape index (κ3) is 5.80. The minimum atomic E-state index is 0.170. The third-order valence-electron chi connectivity index (χ3n) is 6.50. The Morgan fingerprint density at radius 2 is 1.94 bits per heavy atom. The number of nitrogens with two attached hydrogens (primary N) is 1. The fourth-order valence-corrected chi connectivity index (χ4v) is 4.70. The molecule has 2 fully saturated rings. The highest BCUT2D eigenvalue weighted by Crippen LogP contribution is 2.25. The van der Waals surface area contributed by atoms with Crippen molar-refractivity contribution >= 4 is 11.7 Å². The van der Waals surface area contributed by atoms with E-state index in [-0.39, 0.29) is 5.91 Å². The molecular formula is C24H34N6O. The van der Waals surface area contributed by atoms with Crippen LogP contribution in [0.25, 0.3) is 11.3 Å². The van der Waals surface area contributed by atoms with Gasteiger partial charge >= 0.3 is 0 Å². The largest absolute Gasteiger partial charge is 0.343 e. The van der Waals surface area contributed by atoms with Gasteiger partial charge in [-0.05, 0) is 68.7 Å². The van der Waals surface area contributed by atoms with Gasteiger partial charge in [-0.2, -0.15) is 0 Å². The smallest absolute Gasteiger partial charge is 0.219 e. The number of carbonyl (C=O) groups excluding carboxylic acids is 1. The SMILES string of the molecule is CC(=O)N1CCC[C@@H](CN(NC2CCC(N)CC2)c2cccc(-c3ccncc3)n2)C1. The minimum Gasteiger partial charge on any atom is -0.343 e. The van der Waals surface area contributed by atoms with Crippen LogP contribution >= 0.6 is 0 Å². The van der Waals surface area contributed by atoms with E-state index < -0.39 is 0 Å². The lowest BCUT2D eigenvalue weighted by Crippen LogP contribution is -2.52. The van der Waals surface area contributed by atoms with Gasteiger partial charge in [0.25, 0.3) is 0 Å². The quantitative estimate of drug-likeness (QED) is 0.696. The van der Waals surface area contributed by atoms with Crippen LogP contribution in [-0.2, 0) is 4.79 Å². The van der Waals surface area contributed by atoms with Crippen LogP contribution in [0.15, 0.2) is 42.7 Å². The van der Waals surface area contributed by atoms with Gasteiger partial charge in [-0.25, -0.2) is 10.4 Å². The molecule has 1 saturated heterocycles. The lowest BCUT2D eigenvalue weighted by Gasteiger charge is -2.38. The highest BCUT2D eigenvalue weighted by molar-refractivity contribution is 5.73. The molecule has 3 N–H and O–H groups in total. The van der Waals surface area contributed by atoms with Crippen LogP contribution in [0.5, 0.6) is 0 Å². The molecule has 1 amide bonds. The molecule has 3 heterocycles. The maximum Gasteiger partial charge on any atom is 0.219 e. The fourth-order valence-electron chi connectivity index (χ4n) is 4.70. The standard InChI is InChI=1S/C24H34N6O/c1-18(31)29-15-3-4-19(16-29)17-30(28-22-9-7-21(25)8-10-22)24-6-2-5-23(27-24)20-11-13-26-14-12-20/h2,5-6,11-14,19,21-22,28H,3-4,7-10,15-17,25H2,1H3/t19-,21?,22?/m1/s1. The van der Waals surface area contributed by atoms with Crippen molar-refractivity contribution in [3.05, 3.63) is 42.7 Å². The Balaban J connectivity index is 1.54. The normalized spacial score (nSPS) is 24.1. The molecule has 4 rings (SSSR count). The van der Waals surface area contributed by atoms with Crippen LogP contribution in [0.2, 0.25) is 0 Å². The number of hydrogen-bond donors (Lipinski definition) is 2. The summed E-state index contributed by atoms with van der Waals surface area (Å²) in [5, 5.41) is 2.22. The van der Waals surface area contributed by atoms with Crippen LogP contribution in [0, 0.1) is 5.92 Å². The zero-order chi connectivity index (χ0) is 21.6. The highest BCUT2D eigenvalue weighted by atomic mass is 16.2. The second-order valence-corrected chi connectivity index (χ2v) is 8.94. The van der Waals surface area contributed by atoms with Gasteiger partial charge in [0.05, 0.1) is 5.69 Å². The molecule has 1 aliphatic carbocycles. The number of piperidine rings is 1. The molecule has 0 bridgehead atoms. The molecule has 7 heteroatoms. The van der Waals surface area contributed by atoms with E-state index >= 15 is 0 Å². The number of pyridine rings is 2. The number of rotatable bonds is 6. The van der Waals surface area contributed by atoms with Gasteiger partial charge in [0.15, 0.2) is 0 Å². The molecule has 1 saturated carbocycles. The topological polar surface area (TPSA) is 87.4 Å². The zero-order valence-electron chi connectivity index (χ0n) is 18.4. The summed E-state index contributed by atoms with van der Waals surface area (Å²) >= 11 is 0. The van der Waals surface area contributed by atoms with Gasteiger partial charge < -0.3 is 10.6 Å². The lowest BCUT2D eigenvalue weighted by molar-refractivity contribution is -0.130. The molecule has 0 radical (unpaired) electrons. The Morgan fingerprint density at radius 1 is 1.16 bits per heavy atom. The number of nitrogens with zero attached hydrogens (tertiary/aromatic N) is 4. The summed E-state index contributed by atoms with van der Waals surface area (Å²) in [5.74, 6) is 1.51. The summed E-state index contributed by atoms with van der Waals surface area (Å²) in [6.07, 6.45) is 10.0. The Hall–Kier alpha value is -2.51. The first-order valence-corrected chi connectivity index (χ1v) is 11.5. The number of carbonyl (C=O) groups is 1. The first-order valence-electron chi connectivity index (χ1n) is 11.5. The molecule has 0 aromatic carbocycles. The zero-order valence-corrected chi connectivity index (χ0v) is 18.4. The first-order chi connectivity index (χ1) is 15.1. The van der Waals surface area contributed by atoms with E-state index in [4.69, 9.17) is 10.7 Å². The maximum absolute atomic E-state index is 11.9. The minimum absolute atomic E-state index is 0.170. The summed E-state index contributed by atoms with van der Waals surface area (Å²) < 4.78 is 0. The molecule has 7 nitrogen and oxygen atoms in total. The highest BCUT2D eigenvalue weighted by Gasteiger charge is 2.27. The van der Waals surface area contributed by atoms with Gasteiger partial charge in [0.1, 0.15) is 5.82 Å². The summed E-state index contributed by atoms with van der Waals surface area (Å²) in [7, 11) is 0. The monoisotopic (exact) mass is 422 g/mol. The van der Waals surface area contributed by atoms with Crippen molar-refractivity contribution in [1.82, 2.24) is 20.3 Å². The molecule has 0 spiro atoms. The Bertz CT molecular complexity index is 852. The molecule has 166 valence electrons. The predicted octanol–water partition coefficient (Wildman–Crippen LogP) is 2.98.